The van der Waals surface area contributed by atoms with Gasteiger partial charge in [0.25, 0.3) is 0 Å². The van der Waals surface area contributed by atoms with E-state index in [1.807, 2.05) is 6.07 Å². The molecule has 36 heavy (non-hydrogen) atoms. The Morgan fingerprint density at radius 3 is 2.83 bits per heavy atom. The number of aromatic nitrogens is 5. The number of hydrogen-bond acceptors (Lipinski definition) is 6. The Labute approximate surface area is 203 Å². The summed E-state index contributed by atoms with van der Waals surface area (Å²) in [4.78, 5) is 23.4. The van der Waals surface area contributed by atoms with E-state index in [1.54, 1.807) is 25.3 Å². The largest absolute Gasteiger partial charge is 0.326 e. The minimum Gasteiger partial charge on any atom is -0.326 e. The van der Waals surface area contributed by atoms with E-state index in [-0.39, 0.29) is 22.5 Å². The monoisotopic (exact) mass is 512 g/mol. The summed E-state index contributed by atoms with van der Waals surface area (Å²) in [5.74, 6) is -3.41. The number of nitrogens with zero attached hydrogens (tertiary/aromatic N) is 2. The van der Waals surface area contributed by atoms with Gasteiger partial charge < -0.3 is 5.32 Å². The Bertz CT molecular complexity index is 1730. The molecule has 0 aliphatic heterocycles. The summed E-state index contributed by atoms with van der Waals surface area (Å²) in [5.41, 5.74) is 0.335. The maximum absolute atomic E-state index is 15.3. The van der Waals surface area contributed by atoms with Gasteiger partial charge in [0.05, 0.1) is 40.5 Å². The fourth-order valence-electron chi connectivity index (χ4n) is 3.90. The highest BCUT2D eigenvalue weighted by Crippen LogP contribution is 2.31. The summed E-state index contributed by atoms with van der Waals surface area (Å²) in [6, 6.07) is 7.22. The van der Waals surface area contributed by atoms with Crippen LogP contribution in [0.4, 0.5) is 26.0 Å². The molecule has 5 N–H and O–H groups in total. The van der Waals surface area contributed by atoms with Crippen molar-refractivity contribution in [2.45, 2.75) is 13.3 Å². The number of ketones is 1. The van der Waals surface area contributed by atoms with Gasteiger partial charge in [-0.1, -0.05) is 11.9 Å². The van der Waals surface area contributed by atoms with Crippen LogP contribution < -0.4 is 15.0 Å². The summed E-state index contributed by atoms with van der Waals surface area (Å²) >= 11 is 0. The van der Waals surface area contributed by atoms with Crippen molar-refractivity contribution in [2.24, 2.45) is 0 Å². The molecule has 184 valence electrons. The molecule has 2 aromatic carbocycles. The van der Waals surface area contributed by atoms with Crippen LogP contribution in [0.5, 0.6) is 0 Å². The molecule has 0 aliphatic carbocycles. The lowest BCUT2D eigenvalue weighted by Crippen LogP contribution is -2.18. The lowest BCUT2D eigenvalue weighted by molar-refractivity contribution is -0.352. The van der Waals surface area contributed by atoms with E-state index in [0.29, 0.717) is 17.8 Å². The van der Waals surface area contributed by atoms with Crippen molar-refractivity contribution >= 4 is 54.9 Å². The highest BCUT2D eigenvalue weighted by atomic mass is 32.2. The van der Waals surface area contributed by atoms with Gasteiger partial charge in [-0.2, -0.15) is 5.10 Å². The number of aromatic amines is 3. The van der Waals surface area contributed by atoms with Crippen LogP contribution in [0.3, 0.4) is 0 Å². The number of halogens is 2. The topological polar surface area (TPSA) is 147 Å². The highest BCUT2D eigenvalue weighted by molar-refractivity contribution is 7.92. The molecule has 3 aromatic heterocycles. The molecule has 0 saturated heterocycles. The number of sulfonamides is 1. The average molecular weight is 513 g/mol. The number of carbonyl (C=O) groups is 1. The molecule has 0 radical (unpaired) electrons. The van der Waals surface area contributed by atoms with Crippen molar-refractivity contribution in [1.29, 1.82) is 0 Å². The number of carbonyl (C=O) groups excluding carboxylic acids is 1. The normalized spacial score (nSPS) is 11.8. The first-order valence-corrected chi connectivity index (χ1v) is 12.5. The van der Waals surface area contributed by atoms with Gasteiger partial charge in [-0.25, -0.2) is 22.2 Å². The molecule has 0 fully saturated rings. The number of fused-ring (bicyclic) bond motifs is 2. The molecule has 3 heterocycles. The van der Waals surface area contributed by atoms with Crippen LogP contribution in [0.2, 0.25) is 0 Å². The Kier molecular flexibility index (Phi) is 5.84. The molecule has 0 saturated carbocycles. The molecule has 0 amide bonds. The van der Waals surface area contributed by atoms with Crippen LogP contribution in [0.1, 0.15) is 29.3 Å². The van der Waals surface area contributed by atoms with Crippen LogP contribution in [-0.4, -0.2) is 40.1 Å². The smallest absolute Gasteiger partial charge is 0.236 e. The van der Waals surface area contributed by atoms with Gasteiger partial charge >= 0.3 is 0 Å². The number of H-pyrrole nitrogens is 3. The first kappa shape index (κ1) is 23.4. The lowest BCUT2D eigenvalue weighted by Gasteiger charge is -2.11. The molecule has 5 rings (SSSR count). The van der Waals surface area contributed by atoms with Gasteiger partial charge in [0.15, 0.2) is 5.82 Å². The van der Waals surface area contributed by atoms with Crippen molar-refractivity contribution in [3.8, 4) is 0 Å². The second-order valence-electron chi connectivity index (χ2n) is 8.03. The zero-order valence-corrected chi connectivity index (χ0v) is 19.6. The number of hydrogen-bond donors (Lipinski definition) is 4. The van der Waals surface area contributed by atoms with Crippen LogP contribution in [0, 0.1) is 11.6 Å². The quantitative estimate of drug-likeness (QED) is 0.233. The third-order valence-corrected chi connectivity index (χ3v) is 7.00. The summed E-state index contributed by atoms with van der Waals surface area (Å²) in [5, 5.41) is 11.1. The number of anilines is 3. The number of nitrogens with one attached hydrogen (secondary N) is 5. The second-order valence-corrected chi connectivity index (χ2v) is 9.88. The molecular formula is C23H20F2N7O3S+. The molecule has 0 unspecified atom stereocenters. The van der Waals surface area contributed by atoms with Crippen LogP contribution in [-0.2, 0) is 10.0 Å². The minimum absolute atomic E-state index is 0.0640. The van der Waals surface area contributed by atoms with Crippen molar-refractivity contribution < 1.29 is 27.0 Å². The number of benzene rings is 2. The standard InChI is InChI=1S/C23H19F2N7O3S/c1-2-7-36(34,35)32-16-6-5-15(24)19(20(16)25)21(33)14-10-26-22-18(14)23(28-11-27-22)30-13-4-3-12-9-29-31-17(12)8-13/h3-6,8-11,32H,2,7H2,1H3,(H,29,31)(H2,26,27,28,30)/p+1. The first-order chi connectivity index (χ1) is 17.3. The van der Waals surface area contributed by atoms with Gasteiger partial charge in [0, 0.05) is 11.1 Å². The van der Waals surface area contributed by atoms with Crippen LogP contribution in [0.15, 0.2) is 49.1 Å². The lowest BCUT2D eigenvalue weighted by atomic mass is 10.0. The molecule has 0 bridgehead atoms. The second kappa shape index (κ2) is 9.00. The van der Waals surface area contributed by atoms with Crippen molar-refractivity contribution in [3.05, 3.63) is 71.8 Å². The van der Waals surface area contributed by atoms with Gasteiger partial charge in [-0.05, 0) is 36.8 Å². The van der Waals surface area contributed by atoms with Crippen LogP contribution >= 0.6 is 0 Å². The summed E-state index contributed by atoms with van der Waals surface area (Å²) < 4.78 is 56.3. The van der Waals surface area contributed by atoms with Crippen molar-refractivity contribution in [1.82, 2.24) is 20.2 Å². The molecule has 10 nitrogen and oxygen atoms in total. The Hall–Kier alpha value is -4.39. The predicted molar refractivity (Wildman–Crippen MR) is 130 cm³/mol. The average Bonchev–Trinajstić information content (AvgIpc) is 3.48. The molecule has 0 aliphatic rings. The maximum Gasteiger partial charge on any atom is 0.236 e. The van der Waals surface area contributed by atoms with Gasteiger partial charge in [0.1, 0.15) is 11.2 Å². The summed E-state index contributed by atoms with van der Waals surface area (Å²) in [6.45, 7) is 1.65. The molecule has 13 heteroatoms. The van der Waals surface area contributed by atoms with E-state index in [9.17, 15) is 17.6 Å². The van der Waals surface area contributed by atoms with E-state index in [4.69, 9.17) is 0 Å². The molecule has 0 atom stereocenters. The fourth-order valence-corrected chi connectivity index (χ4v) is 5.03. The zero-order chi connectivity index (χ0) is 25.4. The van der Waals surface area contributed by atoms with Crippen molar-refractivity contribution in [2.75, 3.05) is 15.8 Å². The molecular weight excluding hydrogens is 492 g/mol. The van der Waals surface area contributed by atoms with E-state index < -0.39 is 38.7 Å². The fraction of sp³-hybridized carbons (Fsp3) is 0.130. The zero-order valence-electron chi connectivity index (χ0n) is 18.8. The first-order valence-electron chi connectivity index (χ1n) is 10.9. The maximum atomic E-state index is 15.3. The summed E-state index contributed by atoms with van der Waals surface area (Å²) in [7, 11) is -3.87. The Morgan fingerprint density at radius 2 is 2.03 bits per heavy atom. The van der Waals surface area contributed by atoms with E-state index in [1.165, 1.54) is 12.5 Å². The minimum atomic E-state index is -3.87. The van der Waals surface area contributed by atoms with Crippen LogP contribution in [0.25, 0.3) is 21.9 Å². The number of rotatable bonds is 8. The van der Waals surface area contributed by atoms with E-state index in [0.717, 1.165) is 23.0 Å². The third-order valence-electron chi connectivity index (χ3n) is 5.53. The Balaban J connectivity index is 1.56. The SMILES string of the molecule is CCCS(=O)(=O)Nc1ccc(F)c(C(=O)c2c[nH]c3[nH+]cnc(Nc4ccc5cn[nH]c5c4)c23)c1F. The predicted octanol–water partition coefficient (Wildman–Crippen LogP) is 3.66. The Morgan fingerprint density at radius 1 is 1.19 bits per heavy atom. The van der Waals surface area contributed by atoms with E-state index in [2.05, 4.69) is 35.2 Å². The van der Waals surface area contributed by atoms with Gasteiger partial charge in [0.2, 0.25) is 33.6 Å². The molecule has 5 aromatic rings. The highest BCUT2D eigenvalue weighted by Gasteiger charge is 2.28. The van der Waals surface area contributed by atoms with E-state index >= 15 is 4.39 Å². The molecule has 0 spiro atoms. The van der Waals surface area contributed by atoms with Crippen molar-refractivity contribution in [3.63, 3.8) is 0 Å². The van der Waals surface area contributed by atoms with Gasteiger partial charge in [-0.15, -0.1) is 0 Å². The summed E-state index contributed by atoms with van der Waals surface area (Å²) in [6.07, 6.45) is 4.68. The van der Waals surface area contributed by atoms with Gasteiger partial charge in [-0.3, -0.25) is 19.6 Å². The third kappa shape index (κ3) is 4.24.